The summed E-state index contributed by atoms with van der Waals surface area (Å²) in [6.07, 6.45) is 11.9. The van der Waals surface area contributed by atoms with Gasteiger partial charge in [-0.1, -0.05) is 41.0 Å². The zero-order valence-electron chi connectivity index (χ0n) is 17.3. The molecule has 148 valence electrons. The van der Waals surface area contributed by atoms with Gasteiger partial charge in [-0.2, -0.15) is 0 Å². The smallest absolute Gasteiger partial charge is 0.303 e. The maximum Gasteiger partial charge on any atom is 0.303 e. The van der Waals surface area contributed by atoms with E-state index < -0.39 is 5.97 Å². The van der Waals surface area contributed by atoms with Gasteiger partial charge in [0.05, 0.1) is 0 Å². The quantitative estimate of drug-likeness (QED) is 0.427. The van der Waals surface area contributed by atoms with Gasteiger partial charge in [-0.05, 0) is 83.6 Å². The summed E-state index contributed by atoms with van der Waals surface area (Å²) in [6, 6.07) is 7.66. The topological polar surface area (TPSA) is 46.5 Å². The third kappa shape index (κ3) is 11.8. The fourth-order valence-electron chi connectivity index (χ4n) is 2.62. The van der Waals surface area contributed by atoms with Crippen LogP contribution in [0, 0.1) is 0 Å². The van der Waals surface area contributed by atoms with Crippen molar-refractivity contribution in [3.05, 3.63) is 64.8 Å². The Hall–Kier alpha value is -2.29. The van der Waals surface area contributed by atoms with Gasteiger partial charge in [-0.25, -0.2) is 0 Å². The number of benzene rings is 1. The van der Waals surface area contributed by atoms with Crippen molar-refractivity contribution in [2.45, 2.75) is 66.2 Å². The largest absolute Gasteiger partial charge is 0.490 e. The molecule has 0 aliphatic rings. The van der Waals surface area contributed by atoms with E-state index in [1.807, 2.05) is 24.3 Å². The summed E-state index contributed by atoms with van der Waals surface area (Å²) in [6.45, 7) is 9.20. The lowest BCUT2D eigenvalue weighted by atomic mass is 10.1. The first-order valence-corrected chi connectivity index (χ1v) is 9.75. The van der Waals surface area contributed by atoms with Gasteiger partial charge in [0, 0.05) is 6.42 Å². The zero-order valence-corrected chi connectivity index (χ0v) is 17.3. The van der Waals surface area contributed by atoms with Gasteiger partial charge in [-0.15, -0.1) is 0 Å². The third-order valence-corrected chi connectivity index (χ3v) is 4.36. The molecule has 0 aliphatic heterocycles. The van der Waals surface area contributed by atoms with E-state index in [0.717, 1.165) is 37.0 Å². The summed E-state index contributed by atoms with van der Waals surface area (Å²) in [5.41, 5.74) is 5.20. The zero-order chi connectivity index (χ0) is 20.1. The molecule has 0 aromatic heterocycles. The van der Waals surface area contributed by atoms with E-state index in [0.29, 0.717) is 13.0 Å². The maximum atomic E-state index is 10.6. The van der Waals surface area contributed by atoms with Crippen molar-refractivity contribution >= 4 is 5.97 Å². The van der Waals surface area contributed by atoms with E-state index in [4.69, 9.17) is 9.84 Å². The molecule has 1 N–H and O–H groups in total. The second-order valence-corrected chi connectivity index (χ2v) is 7.31. The molecule has 0 saturated heterocycles. The number of rotatable bonds is 12. The van der Waals surface area contributed by atoms with Crippen molar-refractivity contribution in [3.63, 3.8) is 0 Å². The van der Waals surface area contributed by atoms with Gasteiger partial charge in [0.25, 0.3) is 0 Å². The monoisotopic (exact) mass is 370 g/mol. The summed E-state index contributed by atoms with van der Waals surface area (Å²) in [5.74, 6) is 0.0435. The SMILES string of the molecule is CC(C)=CCC/C(C)=C/CC/C(C)=C/COc1ccc(CCC(=O)O)cc1. The highest BCUT2D eigenvalue weighted by atomic mass is 16.5. The Morgan fingerprint density at radius 3 is 2.07 bits per heavy atom. The molecule has 3 nitrogen and oxygen atoms in total. The Morgan fingerprint density at radius 2 is 1.48 bits per heavy atom. The molecule has 0 heterocycles. The summed E-state index contributed by atoms with van der Waals surface area (Å²) in [7, 11) is 0. The van der Waals surface area contributed by atoms with Gasteiger partial charge >= 0.3 is 5.97 Å². The number of aryl methyl sites for hydroxylation is 1. The average molecular weight is 371 g/mol. The van der Waals surface area contributed by atoms with Crippen LogP contribution in [0.5, 0.6) is 5.75 Å². The molecular formula is C24H34O3. The molecule has 27 heavy (non-hydrogen) atoms. The number of ether oxygens (including phenoxy) is 1. The molecule has 0 radical (unpaired) electrons. The van der Waals surface area contributed by atoms with Crippen molar-refractivity contribution in [3.8, 4) is 5.75 Å². The Kier molecular flexibility index (Phi) is 10.9. The van der Waals surface area contributed by atoms with E-state index >= 15 is 0 Å². The standard InChI is InChI=1S/C24H34O3/c1-19(2)7-5-8-20(3)9-6-10-21(4)17-18-27-23-14-11-22(12-15-23)13-16-24(25)26/h7,9,11-12,14-15,17H,5-6,8,10,13,16,18H2,1-4H3,(H,25,26)/b20-9+,21-17+. The highest BCUT2D eigenvalue weighted by Crippen LogP contribution is 2.15. The van der Waals surface area contributed by atoms with Crippen LogP contribution in [0.25, 0.3) is 0 Å². The number of carboxylic acids is 1. The van der Waals surface area contributed by atoms with Crippen LogP contribution in [-0.2, 0) is 11.2 Å². The van der Waals surface area contributed by atoms with Crippen molar-refractivity contribution in [1.29, 1.82) is 0 Å². The molecule has 0 bridgehead atoms. The van der Waals surface area contributed by atoms with Crippen molar-refractivity contribution in [2.24, 2.45) is 0 Å². The minimum Gasteiger partial charge on any atom is -0.490 e. The van der Waals surface area contributed by atoms with E-state index in [-0.39, 0.29) is 6.42 Å². The lowest BCUT2D eigenvalue weighted by Gasteiger charge is -2.06. The average Bonchev–Trinajstić information content (AvgIpc) is 2.60. The highest BCUT2D eigenvalue weighted by molar-refractivity contribution is 5.67. The molecule has 0 amide bonds. The van der Waals surface area contributed by atoms with Gasteiger partial charge in [0.1, 0.15) is 12.4 Å². The van der Waals surface area contributed by atoms with Crippen LogP contribution in [0.4, 0.5) is 0 Å². The summed E-state index contributed by atoms with van der Waals surface area (Å²) in [4.78, 5) is 10.6. The number of allylic oxidation sites excluding steroid dienone is 5. The number of aliphatic carboxylic acids is 1. The molecule has 0 saturated carbocycles. The fraction of sp³-hybridized carbons (Fsp3) is 0.458. The molecular weight excluding hydrogens is 336 g/mol. The van der Waals surface area contributed by atoms with Gasteiger partial charge < -0.3 is 9.84 Å². The van der Waals surface area contributed by atoms with E-state index in [1.165, 1.54) is 16.7 Å². The van der Waals surface area contributed by atoms with E-state index in [9.17, 15) is 4.79 Å². The summed E-state index contributed by atoms with van der Waals surface area (Å²) >= 11 is 0. The molecule has 3 heteroatoms. The summed E-state index contributed by atoms with van der Waals surface area (Å²) in [5, 5.41) is 8.71. The van der Waals surface area contributed by atoms with Crippen LogP contribution in [-0.4, -0.2) is 17.7 Å². The van der Waals surface area contributed by atoms with Crippen LogP contribution in [0.3, 0.4) is 0 Å². The van der Waals surface area contributed by atoms with Crippen LogP contribution in [0.1, 0.15) is 65.4 Å². The fourth-order valence-corrected chi connectivity index (χ4v) is 2.62. The molecule has 0 unspecified atom stereocenters. The molecule has 1 aromatic carbocycles. The van der Waals surface area contributed by atoms with E-state index in [1.54, 1.807) is 0 Å². The first-order chi connectivity index (χ1) is 12.9. The Morgan fingerprint density at radius 1 is 0.889 bits per heavy atom. The Labute approximate surface area is 164 Å². The highest BCUT2D eigenvalue weighted by Gasteiger charge is 2.00. The van der Waals surface area contributed by atoms with E-state index in [2.05, 4.69) is 45.9 Å². The lowest BCUT2D eigenvalue weighted by molar-refractivity contribution is -0.136. The maximum absolute atomic E-state index is 10.6. The molecule has 0 fully saturated rings. The Balaban J connectivity index is 2.29. The van der Waals surface area contributed by atoms with Crippen molar-refractivity contribution in [1.82, 2.24) is 0 Å². The van der Waals surface area contributed by atoms with Crippen LogP contribution in [0.15, 0.2) is 59.2 Å². The second kappa shape index (κ2) is 13.0. The first kappa shape index (κ1) is 22.8. The minimum atomic E-state index is -0.770. The number of carbonyl (C=O) groups is 1. The molecule has 1 rings (SSSR count). The number of hydrogen-bond acceptors (Lipinski definition) is 2. The predicted octanol–water partition coefficient (Wildman–Crippen LogP) is 6.50. The molecule has 1 aromatic rings. The number of carboxylic acid groups (broad SMARTS) is 1. The van der Waals surface area contributed by atoms with Crippen molar-refractivity contribution in [2.75, 3.05) is 6.61 Å². The van der Waals surface area contributed by atoms with Crippen LogP contribution < -0.4 is 4.74 Å². The molecule has 0 aliphatic carbocycles. The van der Waals surface area contributed by atoms with Gasteiger partial charge in [0.15, 0.2) is 0 Å². The van der Waals surface area contributed by atoms with Gasteiger partial charge in [0.2, 0.25) is 0 Å². The summed E-state index contributed by atoms with van der Waals surface area (Å²) < 4.78 is 5.75. The molecule has 0 spiro atoms. The third-order valence-electron chi connectivity index (χ3n) is 4.36. The lowest BCUT2D eigenvalue weighted by Crippen LogP contribution is -1.98. The number of hydrogen-bond donors (Lipinski definition) is 1. The van der Waals surface area contributed by atoms with Crippen LogP contribution >= 0.6 is 0 Å². The first-order valence-electron chi connectivity index (χ1n) is 9.75. The second-order valence-electron chi connectivity index (χ2n) is 7.31. The van der Waals surface area contributed by atoms with Gasteiger partial charge in [-0.3, -0.25) is 4.79 Å². The van der Waals surface area contributed by atoms with Crippen LogP contribution in [0.2, 0.25) is 0 Å². The minimum absolute atomic E-state index is 0.158. The molecule has 0 atom stereocenters. The Bertz CT molecular complexity index is 659. The van der Waals surface area contributed by atoms with Crippen molar-refractivity contribution < 1.29 is 14.6 Å². The predicted molar refractivity (Wildman–Crippen MR) is 113 cm³/mol. The normalized spacial score (nSPS) is 12.0.